The second kappa shape index (κ2) is 12.9. The van der Waals surface area contributed by atoms with Gasteiger partial charge >= 0.3 is 0 Å². The molecule has 1 amide bonds. The van der Waals surface area contributed by atoms with Crippen molar-refractivity contribution in [3.05, 3.63) is 103 Å². The van der Waals surface area contributed by atoms with Crippen LogP contribution in [0.25, 0.3) is 11.3 Å². The number of amides is 1. The summed E-state index contributed by atoms with van der Waals surface area (Å²) in [6.45, 7) is 9.68. The van der Waals surface area contributed by atoms with Crippen LogP contribution in [0.15, 0.2) is 54.2 Å². The average Bonchev–Trinajstić information content (AvgIpc) is 3.40. The first-order valence-corrected chi connectivity index (χ1v) is 14.2. The second-order valence-electron chi connectivity index (χ2n) is 9.41. The fourth-order valence-electron chi connectivity index (χ4n) is 4.50. The molecular weight excluding hydrogens is 559 g/mol. The number of aryl methyl sites for hydroxylation is 1. The Balaban J connectivity index is 1.74. The number of allylic oxidation sites excluding steroid dienone is 2. The van der Waals surface area contributed by atoms with Gasteiger partial charge in [0.05, 0.1) is 28.2 Å². The highest BCUT2D eigenvalue weighted by Crippen LogP contribution is 2.42. The molecule has 0 aliphatic carbocycles. The smallest absolute Gasteiger partial charge is 0.260 e. The average molecular weight is 587 g/mol. The van der Waals surface area contributed by atoms with Gasteiger partial charge in [-0.15, -0.1) is 11.3 Å². The van der Waals surface area contributed by atoms with Crippen molar-refractivity contribution in [1.29, 1.82) is 5.26 Å². The summed E-state index contributed by atoms with van der Waals surface area (Å²) in [5.74, 6) is 4.80. The second-order valence-corrected chi connectivity index (χ2v) is 10.7. The van der Waals surface area contributed by atoms with Crippen molar-refractivity contribution in [3.63, 3.8) is 0 Å². The Hall–Kier alpha value is -4.37. The first-order valence-electron chi connectivity index (χ1n) is 12.9. The van der Waals surface area contributed by atoms with Crippen LogP contribution in [0.4, 0.5) is 10.1 Å². The summed E-state index contributed by atoms with van der Waals surface area (Å²) in [5, 5.41) is 25.3. The Morgan fingerprint density at radius 2 is 2.20 bits per heavy atom. The lowest BCUT2D eigenvalue weighted by Crippen LogP contribution is -2.31. The molecule has 0 fully saturated rings. The summed E-state index contributed by atoms with van der Waals surface area (Å²) in [4.78, 5) is 19.7. The van der Waals surface area contributed by atoms with Gasteiger partial charge in [-0.1, -0.05) is 55.5 Å². The van der Waals surface area contributed by atoms with Crippen LogP contribution in [0.1, 0.15) is 69.7 Å². The number of benzene rings is 1. The van der Waals surface area contributed by atoms with E-state index in [1.54, 1.807) is 26.0 Å². The topological polar surface area (TPSA) is 89.2 Å². The zero-order valence-electron chi connectivity index (χ0n) is 22.9. The molecule has 0 saturated carbocycles. The number of rotatable bonds is 7. The molecule has 6 nitrogen and oxygen atoms in total. The van der Waals surface area contributed by atoms with E-state index in [4.69, 9.17) is 11.6 Å². The van der Waals surface area contributed by atoms with Crippen LogP contribution in [-0.2, 0) is 0 Å². The molecule has 1 aromatic carbocycles. The number of fused-ring (bicyclic) bond motifs is 1. The molecule has 0 radical (unpaired) electrons. The predicted octanol–water partition coefficient (Wildman–Crippen LogP) is 7.70. The Kier molecular flexibility index (Phi) is 9.29. The van der Waals surface area contributed by atoms with Crippen LogP contribution in [0.2, 0.25) is 5.02 Å². The fraction of sp³-hybridized carbons (Fsp3) is 0.219. The molecule has 41 heavy (non-hydrogen) atoms. The highest BCUT2D eigenvalue weighted by molar-refractivity contribution is 7.12. The van der Waals surface area contributed by atoms with Gasteiger partial charge in [0, 0.05) is 45.5 Å². The maximum absolute atomic E-state index is 14.4. The fourth-order valence-corrected chi connectivity index (χ4v) is 5.78. The number of pyridine rings is 1. The van der Waals surface area contributed by atoms with E-state index in [1.807, 2.05) is 36.6 Å². The lowest BCUT2D eigenvalue weighted by atomic mass is 9.95. The number of nitriles is 1. The summed E-state index contributed by atoms with van der Waals surface area (Å²) in [5.41, 5.74) is 4.56. The number of anilines is 1. The molecule has 0 saturated heterocycles. The van der Waals surface area contributed by atoms with E-state index < -0.39 is 11.9 Å². The van der Waals surface area contributed by atoms with Gasteiger partial charge in [0.25, 0.3) is 5.91 Å². The minimum Gasteiger partial charge on any atom is -0.508 e. The van der Waals surface area contributed by atoms with Gasteiger partial charge in [0.1, 0.15) is 17.4 Å². The summed E-state index contributed by atoms with van der Waals surface area (Å²) in [7, 11) is 0. The number of unbranched alkanes of at least 4 members (excludes halogenated alkanes) is 1. The SMILES string of the molecule is C=C(O)c1csc2c1NCC=C2c1cc(Cl)ccc1C#CCN(C(=O)c1c(C)cnc(F)c1C#N)/C(C)=C/CCC. The van der Waals surface area contributed by atoms with Crippen molar-refractivity contribution in [3.8, 4) is 17.9 Å². The third kappa shape index (κ3) is 6.20. The first kappa shape index (κ1) is 29.6. The molecule has 4 rings (SSSR count). The minimum absolute atomic E-state index is 0.0116. The van der Waals surface area contributed by atoms with E-state index in [1.165, 1.54) is 22.4 Å². The molecule has 3 heterocycles. The summed E-state index contributed by atoms with van der Waals surface area (Å²) in [6, 6.07) is 7.21. The zero-order valence-corrected chi connectivity index (χ0v) is 24.5. The van der Waals surface area contributed by atoms with Crippen LogP contribution in [0, 0.1) is 36.0 Å². The maximum Gasteiger partial charge on any atom is 0.260 e. The van der Waals surface area contributed by atoms with Crippen LogP contribution in [-0.4, -0.2) is 34.0 Å². The van der Waals surface area contributed by atoms with Crippen molar-refractivity contribution in [2.45, 2.75) is 33.6 Å². The van der Waals surface area contributed by atoms with Crippen LogP contribution >= 0.6 is 22.9 Å². The molecule has 2 N–H and O–H groups in total. The van der Waals surface area contributed by atoms with Gasteiger partial charge in [-0.05, 0) is 44.0 Å². The summed E-state index contributed by atoms with van der Waals surface area (Å²) >= 11 is 7.87. The Bertz CT molecular complexity index is 1700. The highest BCUT2D eigenvalue weighted by Gasteiger charge is 2.25. The number of aliphatic hydroxyl groups is 1. The van der Waals surface area contributed by atoms with E-state index >= 15 is 0 Å². The zero-order chi connectivity index (χ0) is 29.7. The van der Waals surface area contributed by atoms with Crippen molar-refractivity contribution in [2.24, 2.45) is 0 Å². The van der Waals surface area contributed by atoms with Gasteiger partial charge in [0.2, 0.25) is 5.95 Å². The van der Waals surface area contributed by atoms with Gasteiger partial charge in [-0.25, -0.2) is 4.98 Å². The number of carbonyl (C=O) groups excluding carboxylic acids is 1. The van der Waals surface area contributed by atoms with Gasteiger partial charge in [0.15, 0.2) is 0 Å². The van der Waals surface area contributed by atoms with E-state index in [9.17, 15) is 19.6 Å². The normalized spacial score (nSPS) is 12.3. The van der Waals surface area contributed by atoms with E-state index in [0.717, 1.165) is 34.5 Å². The monoisotopic (exact) mass is 586 g/mol. The van der Waals surface area contributed by atoms with Crippen molar-refractivity contribution in [2.75, 3.05) is 18.4 Å². The lowest BCUT2D eigenvalue weighted by Gasteiger charge is -2.23. The number of nitrogens with zero attached hydrogens (tertiary/aromatic N) is 3. The van der Waals surface area contributed by atoms with Crippen LogP contribution in [0.5, 0.6) is 0 Å². The molecule has 3 aromatic rings. The number of nitrogens with one attached hydrogen (secondary N) is 1. The quantitative estimate of drug-likeness (QED) is 0.168. The van der Waals surface area contributed by atoms with Crippen molar-refractivity contribution in [1.82, 2.24) is 9.88 Å². The van der Waals surface area contributed by atoms with E-state index in [2.05, 4.69) is 28.7 Å². The Labute approximate surface area is 248 Å². The molecular formula is C32H28ClFN4O2S. The van der Waals surface area contributed by atoms with Crippen molar-refractivity contribution < 1.29 is 14.3 Å². The lowest BCUT2D eigenvalue weighted by molar-refractivity contribution is 0.0820. The molecule has 1 aliphatic rings. The standard InChI is InChI=1S/C32H28ClFN4O2S/c1-5-6-8-20(3)38(32(40)28-19(2)17-37-31(34)26(28)16-35)14-7-9-22-10-11-23(33)15-25(22)24-12-13-36-29-27(21(4)39)18-41-30(24)29/h8,10-12,15,17-18,36,39H,4-6,13-14H2,1-3H3/b20-8+. The third-order valence-corrected chi connectivity index (χ3v) is 7.86. The molecule has 9 heteroatoms. The van der Waals surface area contributed by atoms with Gasteiger partial charge < -0.3 is 15.3 Å². The van der Waals surface area contributed by atoms with Crippen LogP contribution in [0.3, 0.4) is 0 Å². The number of hydrogen-bond donors (Lipinski definition) is 2. The third-order valence-electron chi connectivity index (χ3n) is 6.61. The molecule has 0 spiro atoms. The number of halogens is 2. The number of aromatic nitrogens is 1. The largest absolute Gasteiger partial charge is 0.508 e. The molecule has 208 valence electrons. The maximum atomic E-state index is 14.4. The van der Waals surface area contributed by atoms with E-state index in [-0.39, 0.29) is 23.4 Å². The molecule has 1 aliphatic heterocycles. The van der Waals surface area contributed by atoms with E-state index in [0.29, 0.717) is 34.0 Å². The number of hydrogen-bond acceptors (Lipinski definition) is 6. The minimum atomic E-state index is -0.982. The Morgan fingerprint density at radius 3 is 2.90 bits per heavy atom. The van der Waals surface area contributed by atoms with Gasteiger partial charge in [-0.2, -0.15) is 9.65 Å². The van der Waals surface area contributed by atoms with Crippen molar-refractivity contribution >= 4 is 45.9 Å². The number of aliphatic hydroxyl groups excluding tert-OH is 1. The first-order chi connectivity index (χ1) is 19.7. The molecule has 0 unspecified atom stereocenters. The Morgan fingerprint density at radius 1 is 1.41 bits per heavy atom. The molecule has 0 atom stereocenters. The number of thiophene rings is 1. The summed E-state index contributed by atoms with van der Waals surface area (Å²) in [6.07, 6.45) is 6.84. The molecule has 0 bridgehead atoms. The van der Waals surface area contributed by atoms with Gasteiger partial charge in [-0.3, -0.25) is 4.79 Å². The molecule has 2 aromatic heterocycles. The predicted molar refractivity (Wildman–Crippen MR) is 163 cm³/mol. The highest BCUT2D eigenvalue weighted by atomic mass is 35.5. The summed E-state index contributed by atoms with van der Waals surface area (Å²) < 4.78 is 14.4. The number of carbonyl (C=O) groups is 1. The van der Waals surface area contributed by atoms with Crippen LogP contribution < -0.4 is 5.32 Å².